The zero-order valence-corrected chi connectivity index (χ0v) is 28.1. The fraction of sp³-hybridized carbons (Fsp3) is 0.0541. The van der Waals surface area contributed by atoms with Crippen molar-refractivity contribution in [3.63, 3.8) is 0 Å². The highest BCUT2D eigenvalue weighted by Gasteiger charge is 2.23. The van der Waals surface area contributed by atoms with Crippen LogP contribution >= 0.6 is 46.6 Å². The molecule has 0 bridgehead atoms. The number of carbonyl (C=O) groups excluding carboxylic acids is 3. The molecule has 0 saturated heterocycles. The van der Waals surface area contributed by atoms with Crippen LogP contribution in [0.25, 0.3) is 6.08 Å². The van der Waals surface area contributed by atoms with Crippen LogP contribution in [0.2, 0.25) is 15.1 Å². The third kappa shape index (κ3) is 9.05. The first-order valence-corrected chi connectivity index (χ1v) is 16.4. The van der Waals surface area contributed by atoms with Crippen molar-refractivity contribution in [3.8, 4) is 0 Å². The Morgan fingerprint density at radius 2 is 1.43 bits per heavy atom. The molecule has 47 heavy (non-hydrogen) atoms. The molecule has 0 spiro atoms. The van der Waals surface area contributed by atoms with E-state index in [-0.39, 0.29) is 11.6 Å². The number of amides is 3. The van der Waals surface area contributed by atoms with Crippen molar-refractivity contribution in [2.24, 2.45) is 0 Å². The molecule has 5 aromatic carbocycles. The van der Waals surface area contributed by atoms with Crippen LogP contribution in [0.5, 0.6) is 0 Å². The van der Waals surface area contributed by atoms with E-state index in [0.717, 1.165) is 16.0 Å². The Hall–Kier alpha value is -4.53. The molecule has 3 N–H and O–H groups in total. The second-order valence-corrected chi connectivity index (χ2v) is 12.8. The van der Waals surface area contributed by atoms with Gasteiger partial charge in [-0.3, -0.25) is 14.4 Å². The molecule has 0 aliphatic carbocycles. The maximum absolute atomic E-state index is 13.7. The third-order valence-electron chi connectivity index (χ3n) is 7.00. The van der Waals surface area contributed by atoms with Crippen LogP contribution in [0.1, 0.15) is 32.3 Å². The first-order valence-electron chi connectivity index (χ1n) is 14.4. The molecule has 0 heterocycles. The summed E-state index contributed by atoms with van der Waals surface area (Å²) in [6.45, 7) is 1.85. The van der Waals surface area contributed by atoms with Crippen LogP contribution in [0, 0.1) is 6.92 Å². The molecule has 3 amide bonds. The predicted octanol–water partition coefficient (Wildman–Crippen LogP) is 9.84. The molecule has 0 fully saturated rings. The van der Waals surface area contributed by atoms with Gasteiger partial charge in [-0.15, -0.1) is 11.8 Å². The van der Waals surface area contributed by atoms with Gasteiger partial charge in [0.1, 0.15) is 10.9 Å². The lowest BCUT2D eigenvalue weighted by atomic mass is 10.1. The lowest BCUT2D eigenvalue weighted by molar-refractivity contribution is -0.116. The number of rotatable bonds is 10. The SMILES string of the molecule is Cc1c(Cl)cccc1NC(=O)C(Sc1cccc(NC(=O)/C(=C\c2ccc(Cl)cc2Cl)NC(=O)c2ccccc2)c1)c1ccccc1. The van der Waals surface area contributed by atoms with Crippen molar-refractivity contribution < 1.29 is 14.4 Å². The van der Waals surface area contributed by atoms with Crippen molar-refractivity contribution >= 4 is 81.7 Å². The van der Waals surface area contributed by atoms with Gasteiger partial charge in [0.05, 0.1) is 0 Å². The molecule has 6 nitrogen and oxygen atoms in total. The van der Waals surface area contributed by atoms with Gasteiger partial charge in [0.25, 0.3) is 11.8 Å². The minimum absolute atomic E-state index is 0.0282. The Balaban J connectivity index is 1.40. The van der Waals surface area contributed by atoms with Gasteiger partial charge >= 0.3 is 0 Å². The van der Waals surface area contributed by atoms with Gasteiger partial charge in [0.2, 0.25) is 5.91 Å². The number of benzene rings is 5. The summed E-state index contributed by atoms with van der Waals surface area (Å²) in [6, 6.07) is 35.3. The molecule has 0 aliphatic heterocycles. The van der Waals surface area contributed by atoms with Gasteiger partial charge in [-0.05, 0) is 84.3 Å². The monoisotopic (exact) mass is 699 g/mol. The zero-order valence-electron chi connectivity index (χ0n) is 25.0. The van der Waals surface area contributed by atoms with Crippen LogP contribution < -0.4 is 16.0 Å². The number of carbonyl (C=O) groups is 3. The van der Waals surface area contributed by atoms with Crippen LogP contribution in [-0.2, 0) is 9.59 Å². The average molecular weight is 701 g/mol. The predicted molar refractivity (Wildman–Crippen MR) is 193 cm³/mol. The summed E-state index contributed by atoms with van der Waals surface area (Å²) in [5.74, 6) is -1.26. The Bertz CT molecular complexity index is 1950. The highest BCUT2D eigenvalue weighted by molar-refractivity contribution is 8.00. The van der Waals surface area contributed by atoms with Crippen LogP contribution in [0.4, 0.5) is 11.4 Å². The van der Waals surface area contributed by atoms with E-state index < -0.39 is 17.1 Å². The fourth-order valence-corrected chi connectivity index (χ4v) is 6.26. The fourth-order valence-electron chi connectivity index (χ4n) is 4.54. The van der Waals surface area contributed by atoms with Crippen molar-refractivity contribution in [1.29, 1.82) is 0 Å². The summed E-state index contributed by atoms with van der Waals surface area (Å²) in [7, 11) is 0. The van der Waals surface area contributed by atoms with E-state index in [1.807, 2.05) is 43.3 Å². The number of hydrogen-bond donors (Lipinski definition) is 3. The molecule has 5 aromatic rings. The average Bonchev–Trinajstić information content (AvgIpc) is 3.07. The molecule has 0 radical (unpaired) electrons. The first kappa shape index (κ1) is 33.8. The van der Waals surface area contributed by atoms with Crippen LogP contribution in [-0.4, -0.2) is 17.7 Å². The minimum Gasteiger partial charge on any atom is -0.325 e. The van der Waals surface area contributed by atoms with Crippen molar-refractivity contribution in [1.82, 2.24) is 5.32 Å². The van der Waals surface area contributed by atoms with Gasteiger partial charge in [-0.2, -0.15) is 0 Å². The maximum atomic E-state index is 13.7. The molecule has 0 saturated carbocycles. The summed E-state index contributed by atoms with van der Waals surface area (Å²) in [5, 5.41) is 9.28. The Morgan fingerprint density at radius 3 is 2.15 bits per heavy atom. The van der Waals surface area contributed by atoms with E-state index in [4.69, 9.17) is 34.8 Å². The minimum atomic E-state index is -0.617. The quantitative estimate of drug-likeness (QED) is 0.100. The third-order valence-corrected chi connectivity index (χ3v) is 9.22. The molecule has 236 valence electrons. The Morgan fingerprint density at radius 1 is 0.723 bits per heavy atom. The zero-order chi connectivity index (χ0) is 33.3. The molecular formula is C37H28Cl3N3O3S. The molecule has 10 heteroatoms. The van der Waals surface area contributed by atoms with Crippen molar-refractivity contribution in [2.75, 3.05) is 10.6 Å². The normalized spacial score (nSPS) is 11.8. The highest BCUT2D eigenvalue weighted by atomic mass is 35.5. The number of nitrogens with one attached hydrogen (secondary N) is 3. The highest BCUT2D eigenvalue weighted by Crippen LogP contribution is 2.38. The summed E-state index contributed by atoms with van der Waals surface area (Å²) >= 11 is 20.1. The van der Waals surface area contributed by atoms with E-state index in [9.17, 15) is 14.4 Å². The van der Waals surface area contributed by atoms with Crippen molar-refractivity contribution in [3.05, 3.63) is 164 Å². The number of thioether (sulfide) groups is 1. The van der Waals surface area contributed by atoms with Gasteiger partial charge in [0.15, 0.2) is 0 Å². The summed E-state index contributed by atoms with van der Waals surface area (Å²) in [5.41, 5.74) is 3.50. The maximum Gasteiger partial charge on any atom is 0.272 e. The molecule has 1 unspecified atom stereocenters. The van der Waals surface area contributed by atoms with Crippen LogP contribution in [0.3, 0.4) is 0 Å². The molecular weight excluding hydrogens is 673 g/mol. The number of halogens is 3. The smallest absolute Gasteiger partial charge is 0.272 e. The number of anilines is 2. The number of hydrogen-bond acceptors (Lipinski definition) is 4. The van der Waals surface area contributed by atoms with Gasteiger partial charge in [0, 0.05) is 36.9 Å². The van der Waals surface area contributed by atoms with Crippen LogP contribution in [0.15, 0.2) is 132 Å². The second-order valence-electron chi connectivity index (χ2n) is 10.3. The molecule has 5 rings (SSSR count). The lowest BCUT2D eigenvalue weighted by Crippen LogP contribution is -2.30. The standard InChI is InChI=1S/C37H28Cl3N3O3S/c1-23-30(39)16-9-17-32(23)42-37(46)34(24-10-4-2-5-11-24)47-29-15-8-14-28(22-29)41-36(45)33(20-26-18-19-27(38)21-31(26)40)43-35(44)25-12-6-3-7-13-25/h2-22,34H,1H3,(H,41,45)(H,42,46)(H,43,44)/b33-20+. The summed E-state index contributed by atoms with van der Waals surface area (Å²) in [4.78, 5) is 41.1. The molecule has 0 aromatic heterocycles. The molecule has 1 atom stereocenters. The molecule has 0 aliphatic rings. The first-order chi connectivity index (χ1) is 22.7. The van der Waals surface area contributed by atoms with E-state index in [1.165, 1.54) is 17.8 Å². The topological polar surface area (TPSA) is 87.3 Å². The lowest BCUT2D eigenvalue weighted by Gasteiger charge is -2.19. The van der Waals surface area contributed by atoms with Gasteiger partial charge in [-0.25, -0.2) is 0 Å². The van der Waals surface area contributed by atoms with Gasteiger partial charge in [-0.1, -0.05) is 102 Å². The second kappa shape index (κ2) is 15.8. The van der Waals surface area contributed by atoms with E-state index in [1.54, 1.807) is 84.9 Å². The van der Waals surface area contributed by atoms with E-state index >= 15 is 0 Å². The summed E-state index contributed by atoms with van der Waals surface area (Å²) < 4.78 is 0. The largest absolute Gasteiger partial charge is 0.325 e. The van der Waals surface area contributed by atoms with E-state index in [0.29, 0.717) is 37.6 Å². The van der Waals surface area contributed by atoms with Gasteiger partial charge < -0.3 is 16.0 Å². The van der Waals surface area contributed by atoms with Crippen molar-refractivity contribution in [2.45, 2.75) is 17.1 Å². The van der Waals surface area contributed by atoms with E-state index in [2.05, 4.69) is 16.0 Å². The Kier molecular flexibility index (Phi) is 11.4. The Labute approximate surface area is 292 Å². The summed E-state index contributed by atoms with van der Waals surface area (Å²) in [6.07, 6.45) is 1.49.